The molecule has 0 radical (unpaired) electrons. The fraction of sp³-hybridized carbons (Fsp3) is 0.385. The zero-order chi connectivity index (χ0) is 23.8. The maximum absolute atomic E-state index is 13.9. The predicted molar refractivity (Wildman–Crippen MR) is 127 cm³/mol. The minimum Gasteiger partial charge on any atom is -0.441 e. The van der Waals surface area contributed by atoms with Crippen molar-refractivity contribution in [3.05, 3.63) is 71.5 Å². The Balaban J connectivity index is 1.41. The molecule has 0 aromatic carbocycles. The molecule has 0 bridgehead atoms. The number of halogens is 1. The molecule has 1 saturated heterocycles. The van der Waals surface area contributed by atoms with Gasteiger partial charge >= 0.3 is 0 Å². The van der Waals surface area contributed by atoms with Gasteiger partial charge in [-0.25, -0.2) is 19.3 Å². The minimum atomic E-state index is -0.542. The summed E-state index contributed by atoms with van der Waals surface area (Å²) in [6.07, 6.45) is 4.78. The molecule has 3 atom stereocenters. The Morgan fingerprint density at radius 2 is 2.09 bits per heavy atom. The lowest BCUT2D eigenvalue weighted by molar-refractivity contribution is 0.0610. The lowest BCUT2D eigenvalue weighted by Crippen LogP contribution is -2.48. The minimum absolute atomic E-state index is 0.0541. The van der Waals surface area contributed by atoms with Gasteiger partial charge in [0.2, 0.25) is 5.89 Å². The first-order chi connectivity index (χ1) is 16.5. The van der Waals surface area contributed by atoms with Crippen LogP contribution in [0.3, 0.4) is 0 Å². The van der Waals surface area contributed by atoms with Gasteiger partial charge in [0.15, 0.2) is 0 Å². The van der Waals surface area contributed by atoms with Crippen molar-refractivity contribution >= 4 is 11.7 Å². The number of nitrogens with one attached hydrogen (secondary N) is 1. The molecular formula is C26H28FN5O2. The molecule has 3 aromatic rings. The van der Waals surface area contributed by atoms with Crippen molar-refractivity contribution in [3.8, 4) is 11.5 Å². The van der Waals surface area contributed by atoms with Gasteiger partial charge in [0.1, 0.15) is 23.9 Å². The third kappa shape index (κ3) is 4.20. The van der Waals surface area contributed by atoms with Gasteiger partial charge in [-0.3, -0.25) is 4.79 Å². The van der Waals surface area contributed by atoms with Crippen LogP contribution in [0, 0.1) is 18.8 Å². The van der Waals surface area contributed by atoms with Crippen LogP contribution in [0.1, 0.15) is 40.9 Å². The van der Waals surface area contributed by atoms with E-state index < -0.39 is 6.67 Å². The Bertz CT molecular complexity index is 1220. The molecule has 1 amide bonds. The Hall–Kier alpha value is -3.55. The smallest absolute Gasteiger partial charge is 0.273 e. The van der Waals surface area contributed by atoms with Crippen LogP contribution in [0.15, 0.2) is 53.2 Å². The highest BCUT2D eigenvalue weighted by Crippen LogP contribution is 2.51. The summed E-state index contributed by atoms with van der Waals surface area (Å²) in [6, 6.07) is 7.13. The standard InChI is InChI=1S/C26H28FN5O2/c1-4-19-13-30-25(34-19)20-7-5-15(2)31-24(20)26(33)32-14-22-16(3)21(22)9-18(32)12-29-23-8-6-17(10-27)11-28-23/h5-8,11,13,18,21-22H,3-4,9-10,12,14H2,1-2H3,(H,28,29). The van der Waals surface area contributed by atoms with Crippen LogP contribution in [0.25, 0.3) is 11.5 Å². The summed E-state index contributed by atoms with van der Waals surface area (Å²) in [5.74, 6) is 2.47. The number of fused-ring (bicyclic) bond motifs is 1. The number of amides is 1. The van der Waals surface area contributed by atoms with E-state index in [-0.39, 0.29) is 11.9 Å². The van der Waals surface area contributed by atoms with Gasteiger partial charge in [-0.2, -0.15) is 0 Å². The van der Waals surface area contributed by atoms with Crippen molar-refractivity contribution in [2.45, 2.75) is 39.4 Å². The van der Waals surface area contributed by atoms with E-state index in [1.54, 1.807) is 18.3 Å². The molecule has 3 unspecified atom stereocenters. The molecule has 1 N–H and O–H groups in total. The van der Waals surface area contributed by atoms with Crippen LogP contribution in [-0.2, 0) is 13.1 Å². The van der Waals surface area contributed by atoms with E-state index in [4.69, 9.17) is 4.42 Å². The number of aromatic nitrogens is 3. The summed E-state index contributed by atoms with van der Waals surface area (Å²) in [4.78, 5) is 29.0. The molecule has 2 aliphatic rings. The van der Waals surface area contributed by atoms with Gasteiger partial charge in [0.05, 0.1) is 11.8 Å². The van der Waals surface area contributed by atoms with E-state index in [9.17, 15) is 9.18 Å². The predicted octanol–water partition coefficient (Wildman–Crippen LogP) is 4.60. The quantitative estimate of drug-likeness (QED) is 0.518. The fourth-order valence-corrected chi connectivity index (χ4v) is 4.68. The third-order valence-corrected chi connectivity index (χ3v) is 6.82. The van der Waals surface area contributed by atoms with Gasteiger partial charge in [-0.05, 0) is 37.5 Å². The van der Waals surface area contributed by atoms with Gasteiger partial charge in [-0.15, -0.1) is 0 Å². The van der Waals surface area contributed by atoms with E-state index in [1.807, 2.05) is 30.9 Å². The Morgan fingerprint density at radius 3 is 2.79 bits per heavy atom. The van der Waals surface area contributed by atoms with Gasteiger partial charge in [0.25, 0.3) is 5.91 Å². The maximum atomic E-state index is 13.9. The second-order valence-corrected chi connectivity index (χ2v) is 9.04. The molecule has 1 aliphatic carbocycles. The zero-order valence-electron chi connectivity index (χ0n) is 19.4. The van der Waals surface area contributed by atoms with E-state index in [0.29, 0.717) is 53.5 Å². The SMILES string of the molecule is C=C1C2CC(CNc3ccc(CF)cn3)N(C(=O)c3nc(C)ccc3-c3ncc(CC)o3)CC12. The fourth-order valence-electron chi connectivity index (χ4n) is 4.68. The average Bonchev–Trinajstić information content (AvgIpc) is 3.26. The summed E-state index contributed by atoms with van der Waals surface area (Å²) >= 11 is 0. The number of carbonyl (C=O) groups is 1. The highest BCUT2D eigenvalue weighted by atomic mass is 19.1. The van der Waals surface area contributed by atoms with Gasteiger partial charge in [-0.1, -0.05) is 25.1 Å². The average molecular weight is 462 g/mol. The monoisotopic (exact) mass is 461 g/mol. The Kier molecular flexibility index (Phi) is 5.89. The number of piperidine rings is 1. The van der Waals surface area contributed by atoms with E-state index in [1.165, 1.54) is 11.8 Å². The second kappa shape index (κ2) is 9.00. The summed E-state index contributed by atoms with van der Waals surface area (Å²) in [5, 5.41) is 3.32. The van der Waals surface area contributed by atoms with Gasteiger partial charge < -0.3 is 14.6 Å². The highest BCUT2D eigenvalue weighted by Gasteiger charge is 2.50. The summed E-state index contributed by atoms with van der Waals surface area (Å²) < 4.78 is 18.6. The lowest BCUT2D eigenvalue weighted by atomic mass is 10.0. The molecule has 7 nitrogen and oxygen atoms in total. The third-order valence-electron chi connectivity index (χ3n) is 6.82. The number of hydrogen-bond donors (Lipinski definition) is 1. The number of carbonyl (C=O) groups excluding carboxylic acids is 1. The first-order valence-corrected chi connectivity index (χ1v) is 11.7. The number of aryl methyl sites for hydroxylation is 2. The topological polar surface area (TPSA) is 84.2 Å². The maximum Gasteiger partial charge on any atom is 0.273 e. The summed E-state index contributed by atoms with van der Waals surface area (Å²) in [7, 11) is 0. The normalized spacial score (nSPS) is 21.3. The lowest BCUT2D eigenvalue weighted by Gasteiger charge is -2.35. The number of likely N-dealkylation sites (tertiary alicyclic amines) is 1. The number of oxazole rings is 1. The second-order valence-electron chi connectivity index (χ2n) is 9.04. The molecule has 0 spiro atoms. The van der Waals surface area contributed by atoms with Gasteiger partial charge in [0, 0.05) is 48.9 Å². The number of hydrogen-bond acceptors (Lipinski definition) is 6. The number of pyridine rings is 2. The molecule has 5 rings (SSSR count). The van der Waals surface area contributed by atoms with Crippen LogP contribution in [0.4, 0.5) is 10.2 Å². The van der Waals surface area contributed by atoms with Crippen LogP contribution in [0.2, 0.25) is 0 Å². The Morgan fingerprint density at radius 1 is 1.24 bits per heavy atom. The van der Waals surface area contributed by atoms with Crippen LogP contribution < -0.4 is 5.32 Å². The van der Waals surface area contributed by atoms with Crippen molar-refractivity contribution in [2.24, 2.45) is 11.8 Å². The van der Waals surface area contributed by atoms with Crippen molar-refractivity contribution < 1.29 is 13.6 Å². The van der Waals surface area contributed by atoms with Crippen molar-refractivity contribution in [3.63, 3.8) is 0 Å². The molecule has 2 fully saturated rings. The van der Waals surface area contributed by atoms with Crippen LogP contribution in [-0.4, -0.2) is 44.9 Å². The molecule has 1 aliphatic heterocycles. The number of nitrogens with zero attached hydrogens (tertiary/aromatic N) is 4. The first kappa shape index (κ1) is 22.3. The molecule has 3 aromatic heterocycles. The van der Waals surface area contributed by atoms with Crippen molar-refractivity contribution in [1.82, 2.24) is 19.9 Å². The van der Waals surface area contributed by atoms with Crippen LogP contribution >= 0.6 is 0 Å². The van der Waals surface area contributed by atoms with E-state index in [2.05, 4.69) is 26.8 Å². The number of alkyl halides is 1. The van der Waals surface area contributed by atoms with Crippen LogP contribution in [0.5, 0.6) is 0 Å². The molecule has 1 saturated carbocycles. The number of anilines is 1. The highest BCUT2D eigenvalue weighted by molar-refractivity contribution is 5.98. The largest absolute Gasteiger partial charge is 0.441 e. The summed E-state index contributed by atoms with van der Waals surface area (Å²) in [6.45, 7) is 8.66. The molecular weight excluding hydrogens is 433 g/mol. The van der Waals surface area contributed by atoms with E-state index in [0.717, 1.165) is 24.3 Å². The first-order valence-electron chi connectivity index (χ1n) is 11.7. The zero-order valence-corrected chi connectivity index (χ0v) is 19.4. The molecule has 4 heterocycles. The molecule has 176 valence electrons. The van der Waals surface area contributed by atoms with Crippen molar-refractivity contribution in [2.75, 3.05) is 18.4 Å². The molecule has 8 heteroatoms. The molecule has 34 heavy (non-hydrogen) atoms. The number of rotatable bonds is 7. The van der Waals surface area contributed by atoms with Crippen molar-refractivity contribution in [1.29, 1.82) is 0 Å². The summed E-state index contributed by atoms with van der Waals surface area (Å²) in [5.41, 5.74) is 3.45. The van der Waals surface area contributed by atoms with E-state index >= 15 is 0 Å². The Labute approximate surface area is 198 Å².